The fraction of sp³-hybridized carbons (Fsp3) is 0.412. The van der Waals surface area contributed by atoms with Gasteiger partial charge in [0.05, 0.1) is 5.56 Å². The van der Waals surface area contributed by atoms with Gasteiger partial charge in [-0.3, -0.25) is 0 Å². The van der Waals surface area contributed by atoms with Gasteiger partial charge in [0.1, 0.15) is 5.82 Å². The summed E-state index contributed by atoms with van der Waals surface area (Å²) in [5.74, 6) is -0.316. The van der Waals surface area contributed by atoms with Gasteiger partial charge in [0.2, 0.25) is 5.95 Å². The fourth-order valence-corrected chi connectivity index (χ4v) is 2.86. The molecule has 10 heteroatoms. The molecule has 1 fully saturated rings. The second-order valence-electron chi connectivity index (χ2n) is 6.29. The summed E-state index contributed by atoms with van der Waals surface area (Å²) in [6.07, 6.45) is -5.57. The average molecular weight is 390 g/mol. The molecule has 0 spiro atoms. The van der Waals surface area contributed by atoms with E-state index in [1.807, 2.05) is 0 Å². The largest absolute Gasteiger partial charge is 0.433 e. The maximum atomic E-state index is 13.1. The van der Waals surface area contributed by atoms with Crippen LogP contribution in [0, 0.1) is 0 Å². The van der Waals surface area contributed by atoms with Crippen LogP contribution in [-0.4, -0.2) is 16.0 Å². The zero-order chi connectivity index (χ0) is 19.7. The SMILES string of the molecule is FC(F)(F)c1ccc(Nc2cc(C(F)(F)F)nc(NC3CCCC3)n2)cc1. The summed E-state index contributed by atoms with van der Waals surface area (Å²) in [6, 6.07) is 4.66. The summed E-state index contributed by atoms with van der Waals surface area (Å²) in [7, 11) is 0. The van der Waals surface area contributed by atoms with Gasteiger partial charge in [-0.25, -0.2) is 4.98 Å². The number of halogens is 6. The molecule has 2 aromatic rings. The van der Waals surface area contributed by atoms with Crippen molar-refractivity contribution in [2.75, 3.05) is 10.6 Å². The summed E-state index contributed by atoms with van der Waals surface area (Å²) in [6.45, 7) is 0. The van der Waals surface area contributed by atoms with Gasteiger partial charge in [-0.05, 0) is 37.1 Å². The van der Waals surface area contributed by atoms with E-state index in [0.717, 1.165) is 56.0 Å². The van der Waals surface area contributed by atoms with E-state index in [0.29, 0.717) is 0 Å². The van der Waals surface area contributed by atoms with E-state index in [1.54, 1.807) is 0 Å². The van der Waals surface area contributed by atoms with E-state index in [4.69, 9.17) is 0 Å². The number of alkyl halides is 6. The normalized spacial score (nSPS) is 15.8. The monoisotopic (exact) mass is 390 g/mol. The third kappa shape index (κ3) is 5.01. The minimum Gasteiger partial charge on any atom is -0.351 e. The second kappa shape index (κ2) is 7.24. The van der Waals surface area contributed by atoms with E-state index < -0.39 is 23.6 Å². The Balaban J connectivity index is 1.84. The Labute approximate surface area is 151 Å². The molecule has 1 aromatic heterocycles. The Morgan fingerprint density at radius 1 is 0.852 bits per heavy atom. The van der Waals surface area contributed by atoms with E-state index >= 15 is 0 Å². The topological polar surface area (TPSA) is 49.8 Å². The second-order valence-corrected chi connectivity index (χ2v) is 6.29. The molecular weight excluding hydrogens is 374 g/mol. The van der Waals surface area contributed by atoms with Gasteiger partial charge >= 0.3 is 12.4 Å². The van der Waals surface area contributed by atoms with Gasteiger partial charge in [-0.2, -0.15) is 31.3 Å². The van der Waals surface area contributed by atoms with E-state index in [1.165, 1.54) is 0 Å². The van der Waals surface area contributed by atoms with Crippen LogP contribution in [0.25, 0.3) is 0 Å². The molecule has 1 aromatic carbocycles. The molecular formula is C17H16F6N4. The summed E-state index contributed by atoms with van der Waals surface area (Å²) >= 11 is 0. The molecule has 0 aliphatic heterocycles. The lowest BCUT2D eigenvalue weighted by atomic mass is 10.2. The molecule has 0 unspecified atom stereocenters. The zero-order valence-corrected chi connectivity index (χ0v) is 14.0. The van der Waals surface area contributed by atoms with Crippen LogP contribution in [0.5, 0.6) is 0 Å². The van der Waals surface area contributed by atoms with Crippen LogP contribution in [0.3, 0.4) is 0 Å². The lowest BCUT2D eigenvalue weighted by Gasteiger charge is -2.16. The summed E-state index contributed by atoms with van der Waals surface area (Å²) in [4.78, 5) is 7.54. The van der Waals surface area contributed by atoms with Crippen LogP contribution in [0.15, 0.2) is 30.3 Å². The summed E-state index contributed by atoms with van der Waals surface area (Å²) in [5.41, 5.74) is -1.80. The first-order valence-electron chi connectivity index (χ1n) is 8.28. The molecule has 1 aliphatic rings. The number of hydrogen-bond donors (Lipinski definition) is 2. The molecule has 0 radical (unpaired) electrons. The first-order valence-corrected chi connectivity index (χ1v) is 8.28. The molecule has 27 heavy (non-hydrogen) atoms. The molecule has 4 nitrogen and oxygen atoms in total. The molecule has 3 rings (SSSR count). The van der Waals surface area contributed by atoms with Gasteiger partial charge in [-0.1, -0.05) is 12.8 Å². The quantitative estimate of drug-likeness (QED) is 0.666. The van der Waals surface area contributed by atoms with Crippen molar-refractivity contribution in [3.8, 4) is 0 Å². The molecule has 1 heterocycles. The molecule has 0 bridgehead atoms. The van der Waals surface area contributed by atoms with Crippen LogP contribution < -0.4 is 10.6 Å². The zero-order valence-electron chi connectivity index (χ0n) is 14.0. The highest BCUT2D eigenvalue weighted by Gasteiger charge is 2.34. The smallest absolute Gasteiger partial charge is 0.351 e. The summed E-state index contributed by atoms with van der Waals surface area (Å²) in [5, 5.41) is 5.50. The average Bonchev–Trinajstić information content (AvgIpc) is 3.06. The van der Waals surface area contributed by atoms with E-state index in [-0.39, 0.29) is 23.5 Å². The van der Waals surface area contributed by atoms with Crippen LogP contribution >= 0.6 is 0 Å². The first kappa shape index (κ1) is 19.2. The van der Waals surface area contributed by atoms with Crippen LogP contribution in [0.2, 0.25) is 0 Å². The van der Waals surface area contributed by atoms with Gasteiger partial charge in [0.15, 0.2) is 5.69 Å². The number of benzene rings is 1. The Kier molecular flexibility index (Phi) is 5.16. The van der Waals surface area contributed by atoms with Crippen molar-refractivity contribution in [2.24, 2.45) is 0 Å². The van der Waals surface area contributed by atoms with Gasteiger partial charge in [0.25, 0.3) is 0 Å². The number of nitrogens with zero attached hydrogens (tertiary/aromatic N) is 2. The van der Waals surface area contributed by atoms with Crippen LogP contribution in [0.1, 0.15) is 36.9 Å². The first-order chi connectivity index (χ1) is 12.6. The molecule has 2 N–H and O–H groups in total. The fourth-order valence-electron chi connectivity index (χ4n) is 2.86. The molecule has 0 amide bonds. The molecule has 1 aliphatic carbocycles. The molecule has 146 valence electrons. The highest BCUT2D eigenvalue weighted by Crippen LogP contribution is 2.33. The molecule has 0 saturated heterocycles. The number of rotatable bonds is 4. The maximum Gasteiger partial charge on any atom is 0.433 e. The Morgan fingerprint density at radius 2 is 1.48 bits per heavy atom. The van der Waals surface area contributed by atoms with E-state index in [9.17, 15) is 26.3 Å². The number of aromatic nitrogens is 2. The Morgan fingerprint density at radius 3 is 2.04 bits per heavy atom. The lowest BCUT2D eigenvalue weighted by Crippen LogP contribution is -2.19. The third-order valence-corrected chi connectivity index (χ3v) is 4.19. The summed E-state index contributed by atoms with van der Waals surface area (Å²) < 4.78 is 77.1. The maximum absolute atomic E-state index is 13.1. The van der Waals surface area contributed by atoms with Crippen molar-refractivity contribution in [1.29, 1.82) is 0 Å². The Hall–Kier alpha value is -2.52. The predicted molar refractivity (Wildman–Crippen MR) is 87.6 cm³/mol. The lowest BCUT2D eigenvalue weighted by molar-refractivity contribution is -0.141. The van der Waals surface area contributed by atoms with Crippen LogP contribution in [-0.2, 0) is 12.4 Å². The standard InChI is InChI=1S/C17H16F6N4/c18-16(19,20)10-5-7-12(8-6-10)24-14-9-13(17(21,22)23)26-15(27-14)25-11-3-1-2-4-11/h5-9,11H,1-4H2,(H2,24,25,26,27). The van der Waals surface area contributed by atoms with Crippen molar-refractivity contribution in [3.63, 3.8) is 0 Å². The predicted octanol–water partition coefficient (Wildman–Crippen LogP) is 5.61. The van der Waals surface area contributed by atoms with Crippen molar-refractivity contribution in [3.05, 3.63) is 41.6 Å². The van der Waals surface area contributed by atoms with Gasteiger partial charge in [0, 0.05) is 17.8 Å². The highest BCUT2D eigenvalue weighted by molar-refractivity contribution is 5.58. The minimum absolute atomic E-state index is 0.00685. The van der Waals surface area contributed by atoms with E-state index in [2.05, 4.69) is 20.6 Å². The Bertz CT molecular complexity index is 779. The highest BCUT2D eigenvalue weighted by atomic mass is 19.4. The number of hydrogen-bond acceptors (Lipinski definition) is 4. The molecule has 1 saturated carbocycles. The van der Waals surface area contributed by atoms with Gasteiger partial charge in [-0.15, -0.1) is 0 Å². The third-order valence-electron chi connectivity index (χ3n) is 4.19. The van der Waals surface area contributed by atoms with Crippen molar-refractivity contribution in [2.45, 2.75) is 44.1 Å². The number of anilines is 3. The number of nitrogens with one attached hydrogen (secondary N) is 2. The van der Waals surface area contributed by atoms with Crippen molar-refractivity contribution >= 4 is 17.5 Å². The minimum atomic E-state index is -4.67. The molecule has 0 atom stereocenters. The van der Waals surface area contributed by atoms with Crippen molar-refractivity contribution < 1.29 is 26.3 Å². The van der Waals surface area contributed by atoms with Crippen molar-refractivity contribution in [1.82, 2.24) is 9.97 Å². The van der Waals surface area contributed by atoms with Crippen LogP contribution in [0.4, 0.5) is 43.8 Å². The van der Waals surface area contributed by atoms with Gasteiger partial charge < -0.3 is 10.6 Å².